The van der Waals surface area contributed by atoms with Gasteiger partial charge in [0.25, 0.3) is 5.91 Å². The quantitative estimate of drug-likeness (QED) is 0.819. The minimum absolute atomic E-state index is 0.0141. The van der Waals surface area contributed by atoms with Gasteiger partial charge in [-0.25, -0.2) is 4.98 Å². The molecule has 0 radical (unpaired) electrons. The number of rotatable bonds is 3. The van der Waals surface area contributed by atoms with Crippen LogP contribution < -0.4 is 4.90 Å². The maximum absolute atomic E-state index is 13.4. The third-order valence-electron chi connectivity index (χ3n) is 7.11. The molecule has 2 aromatic rings. The van der Waals surface area contributed by atoms with Crippen molar-refractivity contribution in [2.75, 3.05) is 37.7 Å². The number of carbonyl (C=O) groups is 1. The number of aliphatic hydroxyl groups is 1. The van der Waals surface area contributed by atoms with Crippen molar-refractivity contribution in [2.24, 2.45) is 11.8 Å². The highest BCUT2D eigenvalue weighted by molar-refractivity contribution is 5.96. The number of hydrogen-bond acceptors (Lipinski definition) is 6. The van der Waals surface area contributed by atoms with Gasteiger partial charge in [0.05, 0.1) is 24.8 Å². The summed E-state index contributed by atoms with van der Waals surface area (Å²) < 4.78 is 6.50. The van der Waals surface area contributed by atoms with E-state index in [9.17, 15) is 9.90 Å². The van der Waals surface area contributed by atoms with Gasteiger partial charge in [-0.1, -0.05) is 17.7 Å². The van der Waals surface area contributed by atoms with Crippen LogP contribution in [0.1, 0.15) is 27.0 Å². The summed E-state index contributed by atoms with van der Waals surface area (Å²) in [5.41, 5.74) is 2.77. The van der Waals surface area contributed by atoms with Crippen LogP contribution in [0.2, 0.25) is 0 Å². The summed E-state index contributed by atoms with van der Waals surface area (Å²) in [6, 6.07) is 11.7. The molecule has 3 aliphatic rings. The van der Waals surface area contributed by atoms with Crippen LogP contribution in [0.5, 0.6) is 0 Å². The summed E-state index contributed by atoms with van der Waals surface area (Å²) in [6.45, 7) is 6.34. The minimum atomic E-state index is -0.515. The highest BCUT2D eigenvalue weighted by Gasteiger charge is 2.63. The van der Waals surface area contributed by atoms with E-state index in [-0.39, 0.29) is 30.5 Å². The van der Waals surface area contributed by atoms with E-state index >= 15 is 0 Å². The zero-order valence-electron chi connectivity index (χ0n) is 17.8. The van der Waals surface area contributed by atoms with Gasteiger partial charge in [-0.3, -0.25) is 4.79 Å². The van der Waals surface area contributed by atoms with Gasteiger partial charge in [-0.2, -0.15) is 5.26 Å². The molecule has 5 rings (SSSR count). The number of nitrogens with zero attached hydrogens (tertiary/aromatic N) is 4. The average Bonchev–Trinajstić information content (AvgIpc) is 3.22. The second-order valence-corrected chi connectivity index (χ2v) is 9.08. The number of ether oxygens (including phenoxy) is 1. The molecular formula is C24H26N4O3. The second kappa shape index (κ2) is 7.33. The number of nitriles is 1. The lowest BCUT2D eigenvalue weighted by atomic mass is 9.83. The summed E-state index contributed by atoms with van der Waals surface area (Å²) in [7, 11) is 0. The van der Waals surface area contributed by atoms with E-state index in [1.165, 1.54) is 0 Å². The molecule has 1 aromatic heterocycles. The van der Waals surface area contributed by atoms with Crippen LogP contribution in [0.4, 0.5) is 5.82 Å². The predicted octanol–water partition coefficient (Wildman–Crippen LogP) is 1.91. The van der Waals surface area contributed by atoms with Crippen LogP contribution in [0.15, 0.2) is 36.5 Å². The summed E-state index contributed by atoms with van der Waals surface area (Å²) in [5.74, 6) is 0.887. The Hall–Kier alpha value is -2.95. The lowest BCUT2D eigenvalue weighted by Crippen LogP contribution is -2.54. The Balaban J connectivity index is 1.43. The molecule has 0 saturated carbocycles. The average molecular weight is 418 g/mol. The van der Waals surface area contributed by atoms with Crippen LogP contribution in [0.25, 0.3) is 0 Å². The van der Waals surface area contributed by atoms with Gasteiger partial charge in [-0.05, 0) is 37.6 Å². The number of aliphatic hydroxyl groups excluding tert-OH is 1. The molecule has 7 heteroatoms. The van der Waals surface area contributed by atoms with Crippen molar-refractivity contribution >= 4 is 11.7 Å². The number of anilines is 1. The Labute approximate surface area is 181 Å². The minimum Gasteiger partial charge on any atom is -0.396 e. The number of likely N-dealkylation sites (tertiary alicyclic amines) is 1. The normalized spacial score (nSPS) is 29.0. The van der Waals surface area contributed by atoms with Gasteiger partial charge < -0.3 is 19.6 Å². The van der Waals surface area contributed by atoms with Crippen molar-refractivity contribution in [2.45, 2.75) is 25.6 Å². The lowest BCUT2D eigenvalue weighted by molar-refractivity contribution is -0.0627. The molecule has 0 aliphatic carbocycles. The standard InChI is InChI=1S/C24H26N4O3/c1-15-3-4-16(2)18(7-15)23(30)28-10-20-19(12-29)21-11-27(13-24(20,14-28)31-21)22-6-5-17(8-25)9-26-22/h3-7,9,19-21,29H,10-14H2,1-2H3/t19-,20+,21+,24+/m0/s1. The monoisotopic (exact) mass is 418 g/mol. The molecule has 4 atom stereocenters. The number of carbonyl (C=O) groups excluding carboxylic acids is 1. The number of benzene rings is 1. The van der Waals surface area contributed by atoms with Crippen LogP contribution in [-0.4, -0.2) is 65.4 Å². The zero-order chi connectivity index (χ0) is 21.8. The Kier molecular flexibility index (Phi) is 4.72. The van der Waals surface area contributed by atoms with Gasteiger partial charge >= 0.3 is 0 Å². The van der Waals surface area contributed by atoms with E-state index < -0.39 is 5.60 Å². The second-order valence-electron chi connectivity index (χ2n) is 9.08. The van der Waals surface area contributed by atoms with E-state index in [0.29, 0.717) is 31.7 Å². The molecule has 160 valence electrons. The van der Waals surface area contributed by atoms with E-state index in [1.54, 1.807) is 12.3 Å². The summed E-state index contributed by atoms with van der Waals surface area (Å²) in [6.07, 6.45) is 1.48. The molecule has 1 amide bonds. The van der Waals surface area contributed by atoms with Crippen LogP contribution in [0.3, 0.4) is 0 Å². The Morgan fingerprint density at radius 1 is 1.29 bits per heavy atom. The van der Waals surface area contributed by atoms with Crippen molar-refractivity contribution in [1.29, 1.82) is 5.26 Å². The smallest absolute Gasteiger partial charge is 0.254 e. The third-order valence-corrected chi connectivity index (χ3v) is 7.11. The highest BCUT2D eigenvalue weighted by Crippen LogP contribution is 2.49. The summed E-state index contributed by atoms with van der Waals surface area (Å²) in [4.78, 5) is 21.9. The summed E-state index contributed by atoms with van der Waals surface area (Å²) in [5, 5.41) is 19.2. The Bertz CT molecular complexity index is 1060. The lowest BCUT2D eigenvalue weighted by Gasteiger charge is -2.41. The molecule has 7 nitrogen and oxygen atoms in total. The number of morpholine rings is 1. The highest BCUT2D eigenvalue weighted by atomic mass is 16.5. The fourth-order valence-corrected chi connectivity index (χ4v) is 5.54. The van der Waals surface area contributed by atoms with Crippen LogP contribution >= 0.6 is 0 Å². The van der Waals surface area contributed by atoms with E-state index in [2.05, 4.69) is 16.0 Å². The van der Waals surface area contributed by atoms with Crippen LogP contribution in [-0.2, 0) is 4.74 Å². The van der Waals surface area contributed by atoms with Gasteiger partial charge in [0, 0.05) is 43.3 Å². The van der Waals surface area contributed by atoms with Gasteiger partial charge in [0.15, 0.2) is 0 Å². The number of pyridine rings is 1. The molecule has 3 fully saturated rings. The molecular weight excluding hydrogens is 392 g/mol. The van der Waals surface area contributed by atoms with Crippen molar-refractivity contribution < 1.29 is 14.6 Å². The number of aryl methyl sites for hydroxylation is 2. The molecule has 1 aromatic carbocycles. The van der Waals surface area contributed by atoms with Gasteiger partial charge in [0.1, 0.15) is 17.5 Å². The topological polar surface area (TPSA) is 89.7 Å². The fourth-order valence-electron chi connectivity index (χ4n) is 5.54. The molecule has 3 saturated heterocycles. The number of aromatic nitrogens is 1. The van der Waals surface area contributed by atoms with E-state index in [1.807, 2.05) is 43.0 Å². The molecule has 1 N–H and O–H groups in total. The predicted molar refractivity (Wildman–Crippen MR) is 115 cm³/mol. The maximum Gasteiger partial charge on any atom is 0.254 e. The summed E-state index contributed by atoms with van der Waals surface area (Å²) >= 11 is 0. The SMILES string of the molecule is Cc1ccc(C)c(C(=O)N2C[C@@H]3[C@H](CO)[C@H]4CN(c5ccc(C#N)cn5)C[C@]3(C2)O4)c1. The van der Waals surface area contributed by atoms with Crippen molar-refractivity contribution in [3.05, 3.63) is 58.8 Å². The van der Waals surface area contributed by atoms with E-state index in [0.717, 1.165) is 22.5 Å². The number of hydrogen-bond donors (Lipinski definition) is 1. The van der Waals surface area contributed by atoms with Crippen molar-refractivity contribution in [3.63, 3.8) is 0 Å². The first kappa shape index (κ1) is 20.0. The fraction of sp³-hybridized carbons (Fsp3) is 0.458. The third kappa shape index (κ3) is 3.18. The van der Waals surface area contributed by atoms with Gasteiger partial charge in [-0.15, -0.1) is 0 Å². The van der Waals surface area contributed by atoms with Crippen LogP contribution in [0, 0.1) is 37.0 Å². The largest absolute Gasteiger partial charge is 0.396 e. The molecule has 0 unspecified atom stereocenters. The first-order valence-corrected chi connectivity index (χ1v) is 10.7. The molecule has 1 spiro atoms. The van der Waals surface area contributed by atoms with E-state index in [4.69, 9.17) is 10.00 Å². The first-order valence-electron chi connectivity index (χ1n) is 10.7. The number of fused-ring (bicyclic) bond motifs is 1. The Morgan fingerprint density at radius 3 is 2.84 bits per heavy atom. The first-order chi connectivity index (χ1) is 14.9. The van der Waals surface area contributed by atoms with Gasteiger partial charge in [0.2, 0.25) is 0 Å². The van der Waals surface area contributed by atoms with Crippen molar-refractivity contribution in [1.82, 2.24) is 9.88 Å². The molecule has 4 heterocycles. The molecule has 2 bridgehead atoms. The van der Waals surface area contributed by atoms with Crippen molar-refractivity contribution in [3.8, 4) is 6.07 Å². The maximum atomic E-state index is 13.4. The number of amides is 1. The molecule has 31 heavy (non-hydrogen) atoms. The zero-order valence-corrected chi connectivity index (χ0v) is 17.8. The Morgan fingerprint density at radius 2 is 2.13 bits per heavy atom. The molecule has 3 aliphatic heterocycles.